The van der Waals surface area contributed by atoms with E-state index in [1.165, 1.54) is 31.2 Å². The molecule has 2 rings (SSSR count). The largest absolute Gasteiger partial charge is 0.449 e. The maximum atomic E-state index is 13.7. The van der Waals surface area contributed by atoms with Crippen molar-refractivity contribution in [2.45, 2.75) is 13.0 Å². The Morgan fingerprint density at radius 1 is 1.25 bits per heavy atom. The number of ether oxygens (including phenoxy) is 1. The fraction of sp³-hybridized carbons (Fsp3) is 0.118. The Morgan fingerprint density at radius 3 is 2.50 bits per heavy atom. The fourth-order valence-electron chi connectivity index (χ4n) is 1.84. The summed E-state index contributed by atoms with van der Waals surface area (Å²) in [7, 11) is 0. The van der Waals surface area contributed by atoms with Crippen molar-refractivity contribution in [1.82, 2.24) is 0 Å². The molecule has 1 amide bonds. The number of halogens is 2. The van der Waals surface area contributed by atoms with Crippen LogP contribution < -0.4 is 5.32 Å². The Bertz CT molecular complexity index is 795. The van der Waals surface area contributed by atoms with Gasteiger partial charge in [0.2, 0.25) is 0 Å². The molecule has 0 saturated carbocycles. The second kappa shape index (κ2) is 7.57. The number of hydrogen-bond donors (Lipinski definition) is 1. The van der Waals surface area contributed by atoms with Crippen LogP contribution >= 0.6 is 11.6 Å². The van der Waals surface area contributed by atoms with E-state index in [9.17, 15) is 14.0 Å². The van der Waals surface area contributed by atoms with Crippen LogP contribution in [0.3, 0.4) is 0 Å². The normalized spacial score (nSPS) is 11.2. The van der Waals surface area contributed by atoms with Gasteiger partial charge in [0, 0.05) is 5.69 Å². The molecular weight excluding hydrogens is 335 g/mol. The van der Waals surface area contributed by atoms with Crippen molar-refractivity contribution in [2.75, 3.05) is 5.32 Å². The predicted octanol–water partition coefficient (Wildman–Crippen LogP) is 3.53. The van der Waals surface area contributed by atoms with E-state index in [1.54, 1.807) is 12.1 Å². The van der Waals surface area contributed by atoms with Gasteiger partial charge in [0.1, 0.15) is 11.4 Å². The molecule has 7 heteroatoms. The molecule has 0 spiro atoms. The quantitative estimate of drug-likeness (QED) is 0.859. The van der Waals surface area contributed by atoms with Crippen LogP contribution in [0.4, 0.5) is 10.1 Å². The van der Waals surface area contributed by atoms with Crippen LogP contribution in [0.25, 0.3) is 0 Å². The molecule has 0 aliphatic rings. The first-order valence-electron chi connectivity index (χ1n) is 6.88. The maximum absolute atomic E-state index is 13.7. The molecule has 0 aliphatic carbocycles. The van der Waals surface area contributed by atoms with E-state index in [0.717, 1.165) is 6.07 Å². The van der Waals surface area contributed by atoms with E-state index in [-0.39, 0.29) is 5.02 Å². The lowest BCUT2D eigenvalue weighted by molar-refractivity contribution is -0.123. The first-order valence-corrected chi connectivity index (χ1v) is 7.26. The van der Waals surface area contributed by atoms with Gasteiger partial charge in [-0.1, -0.05) is 17.7 Å². The predicted molar refractivity (Wildman–Crippen MR) is 86.1 cm³/mol. The van der Waals surface area contributed by atoms with Crippen molar-refractivity contribution in [3.63, 3.8) is 0 Å². The Hall–Kier alpha value is -2.91. The molecular formula is C17H12ClFN2O3. The molecule has 2 aromatic rings. The van der Waals surface area contributed by atoms with Crippen molar-refractivity contribution in [2.24, 2.45) is 0 Å². The molecule has 0 heterocycles. The zero-order valence-corrected chi connectivity index (χ0v) is 13.3. The number of hydrogen-bond acceptors (Lipinski definition) is 4. The van der Waals surface area contributed by atoms with Gasteiger partial charge < -0.3 is 10.1 Å². The van der Waals surface area contributed by atoms with Gasteiger partial charge in [-0.05, 0) is 43.3 Å². The number of esters is 1. The summed E-state index contributed by atoms with van der Waals surface area (Å²) in [6.45, 7) is 1.35. The molecule has 0 bridgehead atoms. The van der Waals surface area contributed by atoms with Crippen LogP contribution in [0.15, 0.2) is 42.5 Å². The number of benzene rings is 2. The van der Waals surface area contributed by atoms with Gasteiger partial charge in [0.05, 0.1) is 16.7 Å². The number of carbonyl (C=O) groups excluding carboxylic acids is 2. The Balaban J connectivity index is 2.03. The van der Waals surface area contributed by atoms with Gasteiger partial charge in [-0.2, -0.15) is 5.26 Å². The van der Waals surface area contributed by atoms with Gasteiger partial charge in [-0.3, -0.25) is 4.79 Å². The van der Waals surface area contributed by atoms with Crippen LogP contribution in [0.1, 0.15) is 22.8 Å². The summed E-state index contributed by atoms with van der Waals surface area (Å²) in [5.74, 6) is -2.45. The summed E-state index contributed by atoms with van der Waals surface area (Å²) in [4.78, 5) is 24.0. The summed E-state index contributed by atoms with van der Waals surface area (Å²) in [6, 6.07) is 11.9. The number of nitriles is 1. The SMILES string of the molecule is C[C@H](OC(=O)c1c(F)cccc1Cl)C(=O)Nc1ccc(C#N)cc1. The molecule has 1 atom stereocenters. The first kappa shape index (κ1) is 17.4. The number of anilines is 1. The van der Waals surface area contributed by atoms with Gasteiger partial charge in [0.15, 0.2) is 6.10 Å². The Morgan fingerprint density at radius 2 is 1.92 bits per heavy atom. The van der Waals surface area contributed by atoms with E-state index in [4.69, 9.17) is 21.6 Å². The van der Waals surface area contributed by atoms with Gasteiger partial charge in [-0.15, -0.1) is 0 Å². The first-order chi connectivity index (χ1) is 11.4. The minimum atomic E-state index is -1.16. The van der Waals surface area contributed by atoms with Crippen LogP contribution in [0.2, 0.25) is 5.02 Å². The van der Waals surface area contributed by atoms with E-state index in [1.807, 2.05) is 6.07 Å². The highest BCUT2D eigenvalue weighted by Crippen LogP contribution is 2.20. The summed E-state index contributed by atoms with van der Waals surface area (Å²) in [5.41, 5.74) is 0.463. The van der Waals surface area contributed by atoms with Crippen molar-refractivity contribution in [1.29, 1.82) is 5.26 Å². The lowest BCUT2D eigenvalue weighted by Crippen LogP contribution is -2.30. The molecule has 1 N–H and O–H groups in total. The van der Waals surface area contributed by atoms with Crippen molar-refractivity contribution < 1.29 is 18.7 Å². The van der Waals surface area contributed by atoms with Crippen LogP contribution in [0, 0.1) is 17.1 Å². The van der Waals surface area contributed by atoms with Crippen LogP contribution in [-0.2, 0) is 9.53 Å². The molecule has 5 nitrogen and oxygen atoms in total. The molecule has 0 fully saturated rings. The van der Waals surface area contributed by atoms with E-state index in [2.05, 4.69) is 5.32 Å². The summed E-state index contributed by atoms with van der Waals surface area (Å²) < 4.78 is 18.6. The van der Waals surface area contributed by atoms with Gasteiger partial charge in [-0.25, -0.2) is 9.18 Å². The summed E-state index contributed by atoms with van der Waals surface area (Å²) >= 11 is 5.78. The molecule has 0 aromatic heterocycles. The second-order valence-electron chi connectivity index (χ2n) is 4.82. The van der Waals surface area contributed by atoms with E-state index >= 15 is 0 Å². The van der Waals surface area contributed by atoms with Crippen molar-refractivity contribution >= 4 is 29.2 Å². The Labute approximate surface area is 142 Å². The summed E-state index contributed by atoms with van der Waals surface area (Å²) in [5, 5.41) is 11.1. The number of carbonyl (C=O) groups is 2. The lowest BCUT2D eigenvalue weighted by atomic mass is 10.2. The standard InChI is InChI=1S/C17H12ClFN2O3/c1-10(16(22)21-12-7-5-11(9-20)6-8-12)24-17(23)15-13(18)3-2-4-14(15)19/h2-8,10H,1H3,(H,21,22)/t10-/m0/s1. The molecule has 2 aromatic carbocycles. The van der Waals surface area contributed by atoms with Gasteiger partial charge in [0.25, 0.3) is 5.91 Å². The molecule has 122 valence electrons. The zero-order chi connectivity index (χ0) is 17.7. The highest BCUT2D eigenvalue weighted by Gasteiger charge is 2.23. The van der Waals surface area contributed by atoms with Crippen LogP contribution in [-0.4, -0.2) is 18.0 Å². The van der Waals surface area contributed by atoms with Crippen molar-refractivity contribution in [3.8, 4) is 6.07 Å². The lowest BCUT2D eigenvalue weighted by Gasteiger charge is -2.14. The zero-order valence-electron chi connectivity index (χ0n) is 12.5. The van der Waals surface area contributed by atoms with Crippen LogP contribution in [0.5, 0.6) is 0 Å². The molecule has 0 aliphatic heterocycles. The number of rotatable bonds is 4. The van der Waals surface area contributed by atoms with E-state index in [0.29, 0.717) is 11.3 Å². The molecule has 0 unspecified atom stereocenters. The average molecular weight is 347 g/mol. The number of nitrogens with one attached hydrogen (secondary N) is 1. The third kappa shape index (κ3) is 4.09. The topological polar surface area (TPSA) is 79.2 Å². The monoisotopic (exact) mass is 346 g/mol. The number of amides is 1. The third-order valence-corrected chi connectivity index (χ3v) is 3.42. The summed E-state index contributed by atoms with van der Waals surface area (Å²) in [6.07, 6.45) is -1.16. The second-order valence-corrected chi connectivity index (χ2v) is 5.23. The highest BCUT2D eigenvalue weighted by molar-refractivity contribution is 6.33. The van der Waals surface area contributed by atoms with E-state index < -0.39 is 29.4 Å². The number of nitrogens with zero attached hydrogens (tertiary/aromatic N) is 1. The molecule has 0 radical (unpaired) electrons. The third-order valence-electron chi connectivity index (χ3n) is 3.10. The molecule has 0 saturated heterocycles. The minimum absolute atomic E-state index is 0.0975. The van der Waals surface area contributed by atoms with Crippen molar-refractivity contribution in [3.05, 3.63) is 64.4 Å². The maximum Gasteiger partial charge on any atom is 0.343 e. The average Bonchev–Trinajstić information content (AvgIpc) is 2.55. The molecule has 24 heavy (non-hydrogen) atoms. The van der Waals surface area contributed by atoms with Gasteiger partial charge >= 0.3 is 5.97 Å². The minimum Gasteiger partial charge on any atom is -0.449 e. The highest BCUT2D eigenvalue weighted by atomic mass is 35.5. The smallest absolute Gasteiger partial charge is 0.343 e. The fourth-order valence-corrected chi connectivity index (χ4v) is 2.08. The Kier molecular flexibility index (Phi) is 5.51.